The molecule has 54 valence electrons. The molecule has 0 aliphatic rings. The zero-order valence-corrected chi connectivity index (χ0v) is 6.27. The van der Waals surface area contributed by atoms with Gasteiger partial charge in [-0.05, 0) is 18.2 Å². The van der Waals surface area contributed by atoms with Crippen molar-refractivity contribution in [2.75, 3.05) is 12.2 Å². The van der Waals surface area contributed by atoms with Crippen molar-refractivity contribution in [2.24, 2.45) is 0 Å². The molecule has 0 aliphatic heterocycles. The Hall–Kier alpha value is -0.760. The molecule has 0 aromatic heterocycles. The summed E-state index contributed by atoms with van der Waals surface area (Å²) in [5, 5.41) is 1.06. The van der Waals surface area contributed by atoms with E-state index in [0.29, 0.717) is 15.8 Å². The molecule has 1 aromatic rings. The average Bonchev–Trinajstić information content (AvgIpc) is 1.88. The third-order valence-corrected chi connectivity index (χ3v) is 1.40. The molecule has 0 N–H and O–H groups in total. The highest BCUT2D eigenvalue weighted by atomic mass is 35.5. The molecule has 1 aromatic carbocycles. The first-order valence-electron chi connectivity index (χ1n) is 2.85. The highest BCUT2D eigenvalue weighted by Crippen LogP contribution is 2.17. The molecule has 0 saturated carbocycles. The zero-order valence-electron chi connectivity index (χ0n) is 5.51. The molecule has 0 aliphatic carbocycles. The number of halogens is 2. The van der Waals surface area contributed by atoms with E-state index in [-0.39, 0.29) is 0 Å². The smallest absolute Gasteiger partial charge is 0.0699 e. The van der Waals surface area contributed by atoms with Crippen LogP contribution < -0.4 is 5.12 Å². The summed E-state index contributed by atoms with van der Waals surface area (Å²) < 4.78 is 12.4. The van der Waals surface area contributed by atoms with Gasteiger partial charge in [0.2, 0.25) is 0 Å². The van der Waals surface area contributed by atoms with Crippen molar-refractivity contribution >= 4 is 17.3 Å². The minimum atomic E-state index is 0.465. The van der Waals surface area contributed by atoms with Crippen LogP contribution in [0.4, 0.5) is 10.2 Å². The van der Waals surface area contributed by atoms with E-state index in [1.807, 2.05) is 0 Å². The van der Waals surface area contributed by atoms with Gasteiger partial charge >= 0.3 is 0 Å². The molecule has 0 amide bonds. The molecular formula is C7H7ClFN. The van der Waals surface area contributed by atoms with Crippen LogP contribution in [0.15, 0.2) is 24.3 Å². The molecule has 0 spiro atoms. The van der Waals surface area contributed by atoms with Gasteiger partial charge in [-0.25, -0.2) is 5.12 Å². The summed E-state index contributed by atoms with van der Waals surface area (Å²) in [4.78, 5) is 0. The fraction of sp³-hybridized carbons (Fsp3) is 0.143. The Kier molecular flexibility index (Phi) is 2.12. The van der Waals surface area contributed by atoms with Gasteiger partial charge in [0.15, 0.2) is 0 Å². The second kappa shape index (κ2) is 2.88. The van der Waals surface area contributed by atoms with Crippen molar-refractivity contribution in [1.82, 2.24) is 0 Å². The van der Waals surface area contributed by atoms with E-state index in [1.165, 1.54) is 7.05 Å². The molecule has 1 nitrogen and oxygen atoms in total. The van der Waals surface area contributed by atoms with Crippen molar-refractivity contribution in [3.63, 3.8) is 0 Å². The van der Waals surface area contributed by atoms with Crippen LogP contribution in [-0.4, -0.2) is 7.05 Å². The van der Waals surface area contributed by atoms with Crippen LogP contribution in [0, 0.1) is 0 Å². The fourth-order valence-corrected chi connectivity index (χ4v) is 0.852. The van der Waals surface area contributed by atoms with Gasteiger partial charge in [0.25, 0.3) is 0 Å². The number of hydrogen-bond acceptors (Lipinski definition) is 1. The first kappa shape index (κ1) is 7.35. The minimum absolute atomic E-state index is 0.465. The van der Waals surface area contributed by atoms with E-state index in [0.717, 1.165) is 0 Å². The highest BCUT2D eigenvalue weighted by Gasteiger charge is 1.96. The van der Waals surface area contributed by atoms with Gasteiger partial charge in [-0.2, -0.15) is 0 Å². The predicted molar refractivity (Wildman–Crippen MR) is 41.0 cm³/mol. The first-order chi connectivity index (χ1) is 4.70. The third-order valence-electron chi connectivity index (χ3n) is 1.16. The molecule has 0 fully saturated rings. The minimum Gasteiger partial charge on any atom is -0.215 e. The summed E-state index contributed by atoms with van der Waals surface area (Å²) in [6.45, 7) is 0. The summed E-state index contributed by atoms with van der Waals surface area (Å²) >= 11 is 5.60. The zero-order chi connectivity index (χ0) is 7.56. The SMILES string of the molecule is CN(F)c1cccc(Cl)c1. The quantitative estimate of drug-likeness (QED) is 0.570. The van der Waals surface area contributed by atoms with Gasteiger partial charge in [0.05, 0.1) is 5.69 Å². The van der Waals surface area contributed by atoms with Crippen LogP contribution in [0.1, 0.15) is 0 Å². The highest BCUT2D eigenvalue weighted by molar-refractivity contribution is 6.30. The van der Waals surface area contributed by atoms with Crippen molar-refractivity contribution in [2.45, 2.75) is 0 Å². The first-order valence-corrected chi connectivity index (χ1v) is 3.23. The van der Waals surface area contributed by atoms with E-state index in [1.54, 1.807) is 24.3 Å². The van der Waals surface area contributed by atoms with E-state index < -0.39 is 0 Å². The molecule has 0 atom stereocenters. The topological polar surface area (TPSA) is 3.24 Å². The van der Waals surface area contributed by atoms with Gasteiger partial charge in [-0.1, -0.05) is 17.7 Å². The maximum Gasteiger partial charge on any atom is 0.0699 e. The molecule has 0 saturated heterocycles. The van der Waals surface area contributed by atoms with Crippen LogP contribution in [0.3, 0.4) is 0 Å². The van der Waals surface area contributed by atoms with Crippen LogP contribution in [0.2, 0.25) is 5.02 Å². The third kappa shape index (κ3) is 1.61. The Morgan fingerprint density at radius 3 is 2.60 bits per heavy atom. The van der Waals surface area contributed by atoms with E-state index >= 15 is 0 Å². The van der Waals surface area contributed by atoms with Gasteiger partial charge in [0, 0.05) is 12.1 Å². The summed E-state index contributed by atoms with van der Waals surface area (Å²) in [5.74, 6) is 0. The lowest BCUT2D eigenvalue weighted by atomic mass is 10.3. The molecule has 0 bridgehead atoms. The summed E-state index contributed by atoms with van der Waals surface area (Å²) in [7, 11) is 1.33. The monoisotopic (exact) mass is 159 g/mol. The van der Waals surface area contributed by atoms with Gasteiger partial charge in [-0.3, -0.25) is 0 Å². The average molecular weight is 160 g/mol. The van der Waals surface area contributed by atoms with E-state index in [2.05, 4.69) is 0 Å². The Balaban J connectivity index is 2.96. The largest absolute Gasteiger partial charge is 0.215 e. The maximum atomic E-state index is 12.4. The molecule has 0 unspecified atom stereocenters. The molecule has 3 heteroatoms. The number of anilines is 1. The molecular weight excluding hydrogens is 153 g/mol. The van der Waals surface area contributed by atoms with Gasteiger partial charge in [-0.15, -0.1) is 4.48 Å². The lowest BCUT2D eigenvalue weighted by molar-refractivity contribution is 0.476. The summed E-state index contributed by atoms with van der Waals surface area (Å²) in [6.07, 6.45) is 0. The van der Waals surface area contributed by atoms with Crippen molar-refractivity contribution in [3.8, 4) is 0 Å². The second-order valence-electron chi connectivity index (χ2n) is 1.96. The van der Waals surface area contributed by atoms with Gasteiger partial charge < -0.3 is 0 Å². The molecule has 0 heterocycles. The van der Waals surface area contributed by atoms with Crippen LogP contribution in [0.5, 0.6) is 0 Å². The number of nitrogens with zero attached hydrogens (tertiary/aromatic N) is 1. The molecule has 0 radical (unpaired) electrons. The maximum absolute atomic E-state index is 12.4. The Bertz CT molecular complexity index is 225. The number of hydrogen-bond donors (Lipinski definition) is 0. The normalized spacial score (nSPS) is 9.50. The van der Waals surface area contributed by atoms with Crippen LogP contribution in [0.25, 0.3) is 0 Å². The Morgan fingerprint density at radius 2 is 2.20 bits per heavy atom. The van der Waals surface area contributed by atoms with Gasteiger partial charge in [0.1, 0.15) is 0 Å². The van der Waals surface area contributed by atoms with Crippen LogP contribution in [-0.2, 0) is 0 Å². The Labute approximate surface area is 64.0 Å². The van der Waals surface area contributed by atoms with Crippen LogP contribution >= 0.6 is 11.6 Å². The summed E-state index contributed by atoms with van der Waals surface area (Å²) in [6, 6.07) is 6.61. The number of rotatable bonds is 1. The molecule has 1 rings (SSSR count). The lowest BCUT2D eigenvalue weighted by Crippen LogP contribution is -2.01. The van der Waals surface area contributed by atoms with E-state index in [9.17, 15) is 4.48 Å². The summed E-state index contributed by atoms with van der Waals surface area (Å²) in [5.41, 5.74) is 0.465. The van der Waals surface area contributed by atoms with Crippen molar-refractivity contribution < 1.29 is 4.48 Å². The fourth-order valence-electron chi connectivity index (χ4n) is 0.668. The lowest BCUT2D eigenvalue weighted by Gasteiger charge is -2.05. The van der Waals surface area contributed by atoms with Crippen molar-refractivity contribution in [1.29, 1.82) is 0 Å². The Morgan fingerprint density at radius 1 is 1.50 bits per heavy atom. The predicted octanol–water partition coefficient (Wildman–Crippen LogP) is 2.66. The molecule has 10 heavy (non-hydrogen) atoms. The standard InChI is InChI=1S/C7H7ClFN/c1-10(9)7-4-2-3-6(8)5-7/h2-5H,1H3. The second-order valence-corrected chi connectivity index (χ2v) is 2.39. The number of benzene rings is 1. The van der Waals surface area contributed by atoms with E-state index in [4.69, 9.17) is 11.6 Å². The van der Waals surface area contributed by atoms with Crippen molar-refractivity contribution in [3.05, 3.63) is 29.3 Å².